The van der Waals surface area contributed by atoms with Gasteiger partial charge >= 0.3 is 0 Å². The molecule has 0 radical (unpaired) electrons. The van der Waals surface area contributed by atoms with Crippen LogP contribution in [0.5, 0.6) is 0 Å². The second kappa shape index (κ2) is 9.62. The van der Waals surface area contributed by atoms with Crippen LogP contribution in [0.15, 0.2) is 54.0 Å². The van der Waals surface area contributed by atoms with Crippen molar-refractivity contribution in [2.45, 2.75) is 26.3 Å². The Kier molecular flexibility index (Phi) is 6.94. The molecule has 158 valence electrons. The number of hydrogen-bond donors (Lipinski definition) is 4. The third-order valence-corrected chi connectivity index (χ3v) is 6.06. The van der Waals surface area contributed by atoms with Gasteiger partial charge in [0.2, 0.25) is 11.8 Å². The monoisotopic (exact) mass is 426 g/mol. The zero-order valence-corrected chi connectivity index (χ0v) is 18.0. The van der Waals surface area contributed by atoms with Gasteiger partial charge in [0.25, 0.3) is 0 Å². The summed E-state index contributed by atoms with van der Waals surface area (Å²) in [6.07, 6.45) is 10.00. The number of nitrogens with one attached hydrogen (secondary N) is 4. The molecule has 3 heterocycles. The Balaban J connectivity index is 1.62. The molecule has 4 N–H and O–H groups in total. The topological polar surface area (TPSA) is 108 Å². The Bertz CT molecular complexity index is 920. The highest BCUT2D eigenvalue weighted by molar-refractivity contribution is 8.03. The molecule has 2 aliphatic heterocycles. The minimum absolute atomic E-state index is 0.0405. The molecule has 2 amide bonds. The van der Waals surface area contributed by atoms with Crippen molar-refractivity contribution in [1.82, 2.24) is 25.9 Å². The normalized spacial score (nSPS) is 18.9. The van der Waals surface area contributed by atoms with Crippen LogP contribution in [-0.4, -0.2) is 33.8 Å². The molecule has 8 nitrogen and oxygen atoms in total. The van der Waals surface area contributed by atoms with Crippen molar-refractivity contribution in [1.29, 1.82) is 0 Å². The first-order valence-electron chi connectivity index (χ1n) is 9.70. The fourth-order valence-electron chi connectivity index (χ4n) is 2.87. The molecular weight excluding hydrogens is 400 g/mol. The first kappa shape index (κ1) is 21.6. The fraction of sp³-hybridized carbons (Fsp3) is 0.333. The summed E-state index contributed by atoms with van der Waals surface area (Å²) in [5.74, 6) is 0.0913. The maximum absolute atomic E-state index is 12.7. The molecule has 0 fully saturated rings. The summed E-state index contributed by atoms with van der Waals surface area (Å²) in [5, 5.41) is 12.0. The van der Waals surface area contributed by atoms with Gasteiger partial charge in [-0.3, -0.25) is 14.6 Å². The van der Waals surface area contributed by atoms with Crippen LogP contribution in [-0.2, 0) is 9.59 Å². The number of anilines is 1. The van der Waals surface area contributed by atoms with E-state index >= 15 is 0 Å². The van der Waals surface area contributed by atoms with E-state index in [2.05, 4.69) is 51.7 Å². The zero-order chi connectivity index (χ0) is 21.7. The number of thioether (sulfide) groups is 1. The summed E-state index contributed by atoms with van der Waals surface area (Å²) in [7, 11) is 0. The van der Waals surface area contributed by atoms with Crippen LogP contribution in [0.1, 0.15) is 26.5 Å². The van der Waals surface area contributed by atoms with Crippen molar-refractivity contribution in [2.24, 2.45) is 11.8 Å². The maximum atomic E-state index is 12.7. The van der Waals surface area contributed by atoms with Gasteiger partial charge in [0, 0.05) is 29.4 Å². The lowest BCUT2D eigenvalue weighted by atomic mass is 9.95. The van der Waals surface area contributed by atoms with Crippen molar-refractivity contribution >= 4 is 35.0 Å². The van der Waals surface area contributed by atoms with Crippen LogP contribution >= 0.6 is 11.8 Å². The number of aromatic nitrogens is 2. The maximum Gasteiger partial charge on any atom is 0.248 e. The second-order valence-corrected chi connectivity index (χ2v) is 8.45. The number of amides is 2. The van der Waals surface area contributed by atoms with Crippen LogP contribution in [0.25, 0.3) is 5.57 Å². The molecule has 3 rings (SSSR count). The van der Waals surface area contributed by atoms with Crippen molar-refractivity contribution in [2.75, 3.05) is 11.9 Å². The highest BCUT2D eigenvalue weighted by Crippen LogP contribution is 2.30. The number of carbonyl (C=O) groups is 2. The molecule has 0 bridgehead atoms. The van der Waals surface area contributed by atoms with Crippen LogP contribution in [0.4, 0.5) is 5.82 Å². The predicted molar refractivity (Wildman–Crippen MR) is 120 cm³/mol. The molecule has 0 aromatic carbocycles. The summed E-state index contributed by atoms with van der Waals surface area (Å²) in [6.45, 7) is 10.1. The van der Waals surface area contributed by atoms with Crippen LogP contribution in [0.3, 0.4) is 0 Å². The first-order chi connectivity index (χ1) is 14.4. The second-order valence-electron chi connectivity index (χ2n) is 7.28. The molecule has 0 saturated heterocycles. The lowest BCUT2D eigenvalue weighted by Gasteiger charge is -2.22. The number of carbonyl (C=O) groups excluding carboxylic acids is 2. The van der Waals surface area contributed by atoms with E-state index in [1.807, 2.05) is 25.4 Å². The average Bonchev–Trinajstić information content (AvgIpc) is 3.22. The Labute approximate surface area is 180 Å². The predicted octanol–water partition coefficient (Wildman–Crippen LogP) is 2.34. The molecule has 9 heteroatoms. The molecule has 2 aliphatic rings. The minimum Gasteiger partial charge on any atom is -0.387 e. The first-order valence-corrected chi connectivity index (χ1v) is 10.6. The number of allylic oxidation sites excluding steroid dienone is 3. The minimum atomic E-state index is -0.344. The van der Waals surface area contributed by atoms with Gasteiger partial charge in [-0.2, -0.15) is 0 Å². The number of hydrogen-bond acceptors (Lipinski definition) is 7. The zero-order valence-electron chi connectivity index (χ0n) is 17.2. The van der Waals surface area contributed by atoms with E-state index in [0.717, 1.165) is 11.1 Å². The smallest absolute Gasteiger partial charge is 0.248 e. The molecule has 0 spiro atoms. The van der Waals surface area contributed by atoms with Gasteiger partial charge in [-0.15, -0.1) is 0 Å². The van der Waals surface area contributed by atoms with Crippen LogP contribution in [0, 0.1) is 11.8 Å². The van der Waals surface area contributed by atoms with Crippen LogP contribution in [0.2, 0.25) is 0 Å². The summed E-state index contributed by atoms with van der Waals surface area (Å²) in [6, 6.07) is 0. The van der Waals surface area contributed by atoms with E-state index in [1.165, 1.54) is 17.2 Å². The molecule has 1 aromatic rings. The van der Waals surface area contributed by atoms with Gasteiger partial charge in [-0.1, -0.05) is 32.2 Å². The van der Waals surface area contributed by atoms with Gasteiger partial charge in [0.05, 0.1) is 24.0 Å². The van der Waals surface area contributed by atoms with Gasteiger partial charge in [0.15, 0.2) is 11.3 Å². The van der Waals surface area contributed by atoms with E-state index in [-0.39, 0.29) is 23.2 Å². The van der Waals surface area contributed by atoms with E-state index < -0.39 is 0 Å². The SMILES string of the molecule is C=CC(=O)Nc1cnc(C2=CNCC(C(C)C(=O)NC3NC=C(C(C)C)S3)=C2)cn1. The third kappa shape index (κ3) is 5.29. The van der Waals surface area contributed by atoms with Gasteiger partial charge in [0.1, 0.15) is 0 Å². The Morgan fingerprint density at radius 3 is 2.70 bits per heavy atom. The van der Waals surface area contributed by atoms with Crippen LogP contribution < -0.4 is 21.3 Å². The van der Waals surface area contributed by atoms with Crippen molar-refractivity contribution in [3.05, 3.63) is 59.7 Å². The van der Waals surface area contributed by atoms with E-state index in [4.69, 9.17) is 0 Å². The van der Waals surface area contributed by atoms with E-state index in [9.17, 15) is 9.59 Å². The lowest BCUT2D eigenvalue weighted by Crippen LogP contribution is -2.42. The molecule has 2 unspecified atom stereocenters. The largest absolute Gasteiger partial charge is 0.387 e. The summed E-state index contributed by atoms with van der Waals surface area (Å²) >= 11 is 1.63. The lowest BCUT2D eigenvalue weighted by molar-refractivity contribution is -0.123. The van der Waals surface area contributed by atoms with Crippen molar-refractivity contribution in [3.8, 4) is 0 Å². The summed E-state index contributed by atoms with van der Waals surface area (Å²) < 4.78 is 0. The standard InChI is InChI=1S/C21H26N6O2S/c1-5-19(28)26-18-11-23-16(9-24-18)15-6-14(7-22-8-15)13(4)20(29)27-21-25-10-17(30-21)12(2)3/h5-6,8-13,21-22,25H,1,7H2,2-4H3,(H,27,29)(H,24,26,28). The van der Waals surface area contributed by atoms with Gasteiger partial charge < -0.3 is 21.3 Å². The molecule has 0 aliphatic carbocycles. The summed E-state index contributed by atoms with van der Waals surface area (Å²) in [4.78, 5) is 33.9. The fourth-order valence-corrected chi connectivity index (χ4v) is 3.87. The van der Waals surface area contributed by atoms with Crippen molar-refractivity contribution < 1.29 is 9.59 Å². The molecule has 2 atom stereocenters. The van der Waals surface area contributed by atoms with Crippen molar-refractivity contribution in [3.63, 3.8) is 0 Å². The Hall–Kier alpha value is -3.07. The molecule has 0 saturated carbocycles. The quantitative estimate of drug-likeness (QED) is 0.496. The number of dihydropyridines is 1. The number of rotatable bonds is 7. The van der Waals surface area contributed by atoms with Gasteiger partial charge in [-0.05, 0) is 30.6 Å². The Morgan fingerprint density at radius 2 is 2.07 bits per heavy atom. The summed E-state index contributed by atoms with van der Waals surface area (Å²) in [5.41, 5.74) is 2.27. The van der Waals surface area contributed by atoms with Gasteiger partial charge in [-0.25, -0.2) is 4.98 Å². The van der Waals surface area contributed by atoms with E-state index in [0.29, 0.717) is 24.0 Å². The molecule has 1 aromatic heterocycles. The highest BCUT2D eigenvalue weighted by Gasteiger charge is 2.25. The third-order valence-electron chi connectivity index (χ3n) is 4.71. The molecular formula is C21H26N6O2S. The molecule has 30 heavy (non-hydrogen) atoms. The number of nitrogens with zero attached hydrogens (tertiary/aromatic N) is 2. The average molecular weight is 427 g/mol. The Morgan fingerprint density at radius 1 is 1.27 bits per heavy atom. The van der Waals surface area contributed by atoms with E-state index in [1.54, 1.807) is 18.0 Å². The highest BCUT2D eigenvalue weighted by atomic mass is 32.2.